The zero-order valence-corrected chi connectivity index (χ0v) is 12.9. The lowest BCUT2D eigenvalue weighted by molar-refractivity contribution is -0.131. The second kappa shape index (κ2) is 6.89. The molecular weight excluding hydrogens is 248 g/mol. The van der Waals surface area contributed by atoms with Gasteiger partial charge in [0.05, 0.1) is 0 Å². The molecule has 1 fully saturated rings. The molecular formula is C17H26N2O. The molecule has 0 spiro atoms. The molecule has 1 aliphatic rings. The quantitative estimate of drug-likeness (QED) is 0.915. The smallest absolute Gasteiger partial charge is 0.222 e. The summed E-state index contributed by atoms with van der Waals surface area (Å²) >= 11 is 0. The van der Waals surface area contributed by atoms with Gasteiger partial charge in [-0.25, -0.2) is 0 Å². The zero-order chi connectivity index (χ0) is 14.5. The molecule has 1 N–H and O–H groups in total. The van der Waals surface area contributed by atoms with E-state index in [-0.39, 0.29) is 0 Å². The number of hydrogen-bond acceptors (Lipinski definition) is 2. The maximum Gasteiger partial charge on any atom is 0.222 e. The third kappa shape index (κ3) is 3.83. The minimum absolute atomic E-state index is 0.309. The van der Waals surface area contributed by atoms with Crippen molar-refractivity contribution in [1.82, 2.24) is 10.2 Å². The highest BCUT2D eigenvalue weighted by atomic mass is 16.2. The first-order valence-electron chi connectivity index (χ1n) is 7.63. The van der Waals surface area contributed by atoms with E-state index in [1.807, 2.05) is 4.90 Å². The molecule has 0 saturated carbocycles. The Morgan fingerprint density at radius 2 is 2.00 bits per heavy atom. The summed E-state index contributed by atoms with van der Waals surface area (Å²) in [5.41, 5.74) is 4.02. The van der Waals surface area contributed by atoms with E-state index in [2.05, 4.69) is 44.3 Å². The van der Waals surface area contributed by atoms with E-state index in [0.717, 1.165) is 32.6 Å². The summed E-state index contributed by atoms with van der Waals surface area (Å²) in [7, 11) is 0. The summed E-state index contributed by atoms with van der Waals surface area (Å²) in [6, 6.07) is 6.59. The van der Waals surface area contributed by atoms with E-state index in [0.29, 0.717) is 18.2 Å². The van der Waals surface area contributed by atoms with Crippen molar-refractivity contribution in [2.24, 2.45) is 0 Å². The van der Waals surface area contributed by atoms with Gasteiger partial charge in [0.25, 0.3) is 0 Å². The zero-order valence-electron chi connectivity index (χ0n) is 12.9. The number of piperazine rings is 1. The van der Waals surface area contributed by atoms with Crippen LogP contribution in [0.15, 0.2) is 18.2 Å². The van der Waals surface area contributed by atoms with Crippen LogP contribution >= 0.6 is 0 Å². The number of carbonyl (C=O) groups excluding carboxylic acids is 1. The Labute approximate surface area is 122 Å². The Balaban J connectivity index is 1.89. The van der Waals surface area contributed by atoms with E-state index >= 15 is 0 Å². The molecule has 1 saturated heterocycles. The Morgan fingerprint density at radius 1 is 1.30 bits per heavy atom. The van der Waals surface area contributed by atoms with Gasteiger partial charge < -0.3 is 10.2 Å². The van der Waals surface area contributed by atoms with Crippen molar-refractivity contribution in [2.45, 2.75) is 39.5 Å². The van der Waals surface area contributed by atoms with Gasteiger partial charge in [0.2, 0.25) is 5.91 Å². The number of aryl methyl sites for hydroxylation is 2. The van der Waals surface area contributed by atoms with Gasteiger partial charge in [0.15, 0.2) is 0 Å². The molecule has 20 heavy (non-hydrogen) atoms. The number of benzene rings is 1. The molecule has 0 bridgehead atoms. The van der Waals surface area contributed by atoms with Crippen LogP contribution in [0.5, 0.6) is 0 Å². The van der Waals surface area contributed by atoms with Crippen LogP contribution in [-0.2, 0) is 4.79 Å². The van der Waals surface area contributed by atoms with E-state index in [4.69, 9.17) is 0 Å². The normalized spacial score (nSPS) is 17.1. The standard InChI is InChI=1S/C17H26N2O/c1-13-4-5-14(2)16(12-13)15(3)6-7-17(20)19-10-8-18-9-11-19/h4-5,12,15,18H,6-11H2,1-3H3. The fraction of sp³-hybridized carbons (Fsp3) is 0.588. The first kappa shape index (κ1) is 15.0. The van der Waals surface area contributed by atoms with Crippen LogP contribution in [0.4, 0.5) is 0 Å². The monoisotopic (exact) mass is 274 g/mol. The first-order valence-corrected chi connectivity index (χ1v) is 7.63. The molecule has 1 aromatic rings. The summed E-state index contributed by atoms with van der Waals surface area (Å²) in [5, 5.41) is 3.28. The number of carbonyl (C=O) groups is 1. The molecule has 3 nitrogen and oxygen atoms in total. The molecule has 1 heterocycles. The van der Waals surface area contributed by atoms with Gasteiger partial charge in [0.1, 0.15) is 0 Å². The minimum Gasteiger partial charge on any atom is -0.340 e. The molecule has 1 atom stereocenters. The van der Waals surface area contributed by atoms with E-state index in [1.165, 1.54) is 16.7 Å². The van der Waals surface area contributed by atoms with Crippen molar-refractivity contribution < 1.29 is 4.79 Å². The summed E-state index contributed by atoms with van der Waals surface area (Å²) < 4.78 is 0. The molecule has 1 unspecified atom stereocenters. The number of nitrogens with zero attached hydrogens (tertiary/aromatic N) is 1. The Hall–Kier alpha value is -1.35. The van der Waals surface area contributed by atoms with Crippen LogP contribution in [0.1, 0.15) is 42.4 Å². The summed E-state index contributed by atoms with van der Waals surface area (Å²) in [6.07, 6.45) is 1.60. The summed E-state index contributed by atoms with van der Waals surface area (Å²) in [5.74, 6) is 0.755. The van der Waals surface area contributed by atoms with Crippen LogP contribution in [0.25, 0.3) is 0 Å². The lowest BCUT2D eigenvalue weighted by Crippen LogP contribution is -2.46. The van der Waals surface area contributed by atoms with Crippen molar-refractivity contribution in [3.8, 4) is 0 Å². The third-order valence-electron chi connectivity index (χ3n) is 4.23. The molecule has 1 aromatic carbocycles. The highest BCUT2D eigenvalue weighted by molar-refractivity contribution is 5.76. The lowest BCUT2D eigenvalue weighted by Gasteiger charge is -2.28. The number of rotatable bonds is 4. The molecule has 0 radical (unpaired) electrons. The van der Waals surface area contributed by atoms with Gasteiger partial charge in [-0.15, -0.1) is 0 Å². The second-order valence-electron chi connectivity index (χ2n) is 5.93. The molecule has 2 rings (SSSR count). The van der Waals surface area contributed by atoms with Crippen LogP contribution in [-0.4, -0.2) is 37.0 Å². The fourth-order valence-electron chi connectivity index (χ4n) is 2.86. The summed E-state index contributed by atoms with van der Waals surface area (Å²) in [6.45, 7) is 10.1. The molecule has 1 amide bonds. The Morgan fingerprint density at radius 3 is 2.70 bits per heavy atom. The predicted molar refractivity (Wildman–Crippen MR) is 83.0 cm³/mol. The van der Waals surface area contributed by atoms with Crippen LogP contribution in [0.3, 0.4) is 0 Å². The number of nitrogens with one attached hydrogen (secondary N) is 1. The number of amides is 1. The maximum atomic E-state index is 12.2. The molecule has 0 aromatic heterocycles. The maximum absolute atomic E-state index is 12.2. The van der Waals surface area contributed by atoms with Gasteiger partial charge in [0, 0.05) is 32.6 Å². The highest BCUT2D eigenvalue weighted by Crippen LogP contribution is 2.25. The van der Waals surface area contributed by atoms with Gasteiger partial charge >= 0.3 is 0 Å². The largest absolute Gasteiger partial charge is 0.340 e. The van der Waals surface area contributed by atoms with Crippen molar-refractivity contribution >= 4 is 5.91 Å². The highest BCUT2D eigenvalue weighted by Gasteiger charge is 2.17. The Bertz CT molecular complexity index is 464. The van der Waals surface area contributed by atoms with Gasteiger partial charge in [-0.2, -0.15) is 0 Å². The lowest BCUT2D eigenvalue weighted by atomic mass is 9.91. The van der Waals surface area contributed by atoms with Crippen molar-refractivity contribution in [3.63, 3.8) is 0 Å². The first-order chi connectivity index (χ1) is 9.58. The third-order valence-corrected chi connectivity index (χ3v) is 4.23. The molecule has 110 valence electrons. The van der Waals surface area contributed by atoms with E-state index < -0.39 is 0 Å². The van der Waals surface area contributed by atoms with Gasteiger partial charge in [-0.05, 0) is 37.3 Å². The van der Waals surface area contributed by atoms with E-state index in [1.54, 1.807) is 0 Å². The Kier molecular flexibility index (Phi) is 5.18. The summed E-state index contributed by atoms with van der Waals surface area (Å²) in [4.78, 5) is 14.2. The molecule has 3 heteroatoms. The average molecular weight is 274 g/mol. The molecule has 0 aliphatic carbocycles. The minimum atomic E-state index is 0.309. The SMILES string of the molecule is Cc1ccc(C)c(C(C)CCC(=O)N2CCNCC2)c1. The van der Waals surface area contributed by atoms with E-state index in [9.17, 15) is 4.79 Å². The fourth-order valence-corrected chi connectivity index (χ4v) is 2.86. The van der Waals surface area contributed by atoms with Crippen molar-refractivity contribution in [3.05, 3.63) is 34.9 Å². The van der Waals surface area contributed by atoms with Crippen molar-refractivity contribution in [2.75, 3.05) is 26.2 Å². The van der Waals surface area contributed by atoms with Crippen LogP contribution in [0, 0.1) is 13.8 Å². The molecule has 1 aliphatic heterocycles. The van der Waals surface area contributed by atoms with Crippen LogP contribution in [0.2, 0.25) is 0 Å². The van der Waals surface area contributed by atoms with Crippen molar-refractivity contribution in [1.29, 1.82) is 0 Å². The van der Waals surface area contributed by atoms with Gasteiger partial charge in [-0.1, -0.05) is 30.7 Å². The topological polar surface area (TPSA) is 32.3 Å². The second-order valence-corrected chi connectivity index (χ2v) is 5.93. The van der Waals surface area contributed by atoms with Gasteiger partial charge in [-0.3, -0.25) is 4.79 Å². The number of hydrogen-bond donors (Lipinski definition) is 1. The predicted octanol–water partition coefficient (Wildman–Crippen LogP) is 2.62. The van der Waals surface area contributed by atoms with Crippen LogP contribution < -0.4 is 5.32 Å². The average Bonchev–Trinajstić information content (AvgIpc) is 2.47.